The average Bonchev–Trinajstić information content (AvgIpc) is 2.48. The van der Waals surface area contributed by atoms with Crippen LogP contribution in [0.3, 0.4) is 0 Å². The number of carbonyl (C=O) groups is 2. The van der Waals surface area contributed by atoms with Crippen molar-refractivity contribution in [3.05, 3.63) is 35.4 Å². The quantitative estimate of drug-likeness (QED) is 0.930. The molecule has 1 saturated carbocycles. The van der Waals surface area contributed by atoms with Crippen LogP contribution in [-0.2, 0) is 15.0 Å². The highest BCUT2D eigenvalue weighted by molar-refractivity contribution is 5.90. The maximum Gasteiger partial charge on any atom is 0.308 e. The number of amides is 1. The molecule has 6 heteroatoms. The second-order valence-corrected chi connectivity index (χ2v) is 6.49. The van der Waals surface area contributed by atoms with E-state index < -0.39 is 28.9 Å². The van der Waals surface area contributed by atoms with Gasteiger partial charge in [-0.2, -0.15) is 0 Å². The fourth-order valence-electron chi connectivity index (χ4n) is 3.67. The van der Waals surface area contributed by atoms with Gasteiger partial charge in [0.25, 0.3) is 0 Å². The Kier molecular flexibility index (Phi) is 4.08. The Bertz CT molecular complexity index is 643. The molecule has 124 valence electrons. The number of piperidine rings is 1. The van der Waals surface area contributed by atoms with Crippen LogP contribution in [-0.4, -0.2) is 35.0 Å². The van der Waals surface area contributed by atoms with Crippen LogP contribution < -0.4 is 0 Å². The maximum atomic E-state index is 14.2. The Labute approximate surface area is 133 Å². The van der Waals surface area contributed by atoms with Crippen molar-refractivity contribution >= 4 is 11.9 Å². The molecule has 1 heterocycles. The van der Waals surface area contributed by atoms with Crippen LogP contribution >= 0.6 is 0 Å². The van der Waals surface area contributed by atoms with Crippen LogP contribution in [0, 0.1) is 17.6 Å². The average molecular weight is 323 g/mol. The summed E-state index contributed by atoms with van der Waals surface area (Å²) in [5.74, 6) is -3.07. The van der Waals surface area contributed by atoms with E-state index in [9.17, 15) is 18.4 Å². The molecule has 4 nitrogen and oxygen atoms in total. The van der Waals surface area contributed by atoms with Gasteiger partial charge in [-0.3, -0.25) is 9.59 Å². The summed E-state index contributed by atoms with van der Waals surface area (Å²) in [5.41, 5.74) is -0.731. The van der Waals surface area contributed by atoms with E-state index in [0.29, 0.717) is 32.2 Å². The zero-order chi connectivity index (χ0) is 16.6. The van der Waals surface area contributed by atoms with E-state index >= 15 is 0 Å². The van der Waals surface area contributed by atoms with Gasteiger partial charge in [-0.15, -0.1) is 0 Å². The number of halogens is 2. The number of benzene rings is 1. The number of carbonyl (C=O) groups excluding carboxylic acids is 1. The molecule has 1 aromatic rings. The van der Waals surface area contributed by atoms with E-state index in [1.54, 1.807) is 4.90 Å². The van der Waals surface area contributed by atoms with Gasteiger partial charge in [0, 0.05) is 24.7 Å². The van der Waals surface area contributed by atoms with Gasteiger partial charge in [-0.05, 0) is 31.7 Å². The molecule has 0 bridgehead atoms. The monoisotopic (exact) mass is 323 g/mol. The van der Waals surface area contributed by atoms with Gasteiger partial charge in [0.05, 0.1) is 11.3 Å². The highest BCUT2D eigenvalue weighted by Crippen LogP contribution is 2.46. The molecule has 0 radical (unpaired) electrons. The largest absolute Gasteiger partial charge is 0.481 e. The highest BCUT2D eigenvalue weighted by atomic mass is 19.1. The number of rotatable bonds is 3. The Morgan fingerprint density at radius 2 is 1.96 bits per heavy atom. The summed E-state index contributed by atoms with van der Waals surface area (Å²) in [6.07, 6.45) is 3.02. The summed E-state index contributed by atoms with van der Waals surface area (Å²) in [6.45, 7) is 0.659. The molecule has 1 amide bonds. The zero-order valence-corrected chi connectivity index (χ0v) is 12.7. The lowest BCUT2D eigenvalue weighted by molar-refractivity contribution is -0.149. The van der Waals surface area contributed by atoms with Gasteiger partial charge in [0.2, 0.25) is 5.91 Å². The Hall–Kier alpha value is -1.98. The smallest absolute Gasteiger partial charge is 0.308 e. The lowest BCUT2D eigenvalue weighted by atomic mass is 9.63. The summed E-state index contributed by atoms with van der Waals surface area (Å²) < 4.78 is 27.3. The third-order valence-corrected chi connectivity index (χ3v) is 5.12. The summed E-state index contributed by atoms with van der Waals surface area (Å²) in [6, 6.07) is 3.32. The predicted molar refractivity (Wildman–Crippen MR) is 78.8 cm³/mol. The molecule has 2 fully saturated rings. The van der Waals surface area contributed by atoms with E-state index in [0.717, 1.165) is 12.5 Å². The minimum absolute atomic E-state index is 0.165. The van der Waals surface area contributed by atoms with Crippen molar-refractivity contribution in [1.29, 1.82) is 0 Å². The molecule has 1 saturated heterocycles. The lowest BCUT2D eigenvalue weighted by Crippen LogP contribution is -2.54. The molecule has 1 atom stereocenters. The minimum Gasteiger partial charge on any atom is -0.481 e. The third-order valence-electron chi connectivity index (χ3n) is 5.12. The summed E-state index contributed by atoms with van der Waals surface area (Å²) in [7, 11) is 0. The summed E-state index contributed by atoms with van der Waals surface area (Å²) in [4.78, 5) is 25.7. The first-order valence-electron chi connectivity index (χ1n) is 7.92. The Balaban J connectivity index is 1.88. The van der Waals surface area contributed by atoms with E-state index in [2.05, 4.69) is 0 Å². The first-order chi connectivity index (χ1) is 10.9. The van der Waals surface area contributed by atoms with Crippen molar-refractivity contribution in [2.45, 2.75) is 37.5 Å². The van der Waals surface area contributed by atoms with Crippen molar-refractivity contribution in [2.24, 2.45) is 5.92 Å². The van der Waals surface area contributed by atoms with Crippen molar-refractivity contribution < 1.29 is 23.5 Å². The normalized spacial score (nSPS) is 23.2. The molecule has 3 rings (SSSR count). The number of aliphatic carboxylic acids is 1. The second-order valence-electron chi connectivity index (χ2n) is 6.49. The first kappa shape index (κ1) is 15.9. The molecule has 2 aliphatic rings. The van der Waals surface area contributed by atoms with Gasteiger partial charge >= 0.3 is 5.97 Å². The molecule has 23 heavy (non-hydrogen) atoms. The van der Waals surface area contributed by atoms with Crippen LogP contribution in [0.4, 0.5) is 8.78 Å². The zero-order valence-electron chi connectivity index (χ0n) is 12.7. The van der Waals surface area contributed by atoms with Gasteiger partial charge < -0.3 is 10.0 Å². The Morgan fingerprint density at radius 3 is 2.52 bits per heavy atom. The third kappa shape index (κ3) is 2.71. The molecule has 1 aromatic carbocycles. The topological polar surface area (TPSA) is 57.6 Å². The molecular formula is C17H19F2NO3. The number of nitrogens with zero attached hydrogens (tertiary/aromatic N) is 1. The van der Waals surface area contributed by atoms with Crippen molar-refractivity contribution in [3.8, 4) is 0 Å². The summed E-state index contributed by atoms with van der Waals surface area (Å²) in [5, 5.41) is 9.16. The fourth-order valence-corrected chi connectivity index (χ4v) is 3.67. The molecule has 1 unspecified atom stereocenters. The molecule has 0 aromatic heterocycles. The van der Waals surface area contributed by atoms with Crippen molar-refractivity contribution in [2.75, 3.05) is 13.1 Å². The molecular weight excluding hydrogens is 304 g/mol. The van der Waals surface area contributed by atoms with Crippen LogP contribution in [0.25, 0.3) is 0 Å². The Morgan fingerprint density at radius 1 is 1.22 bits per heavy atom. The van der Waals surface area contributed by atoms with Gasteiger partial charge in [0.15, 0.2) is 0 Å². The van der Waals surface area contributed by atoms with E-state index in [1.807, 2.05) is 0 Å². The van der Waals surface area contributed by atoms with E-state index in [4.69, 9.17) is 5.11 Å². The standard InChI is InChI=1S/C17H19F2NO3/c18-12-4-5-13(14(19)9-12)17(6-2-7-17)16(23)20-8-1-3-11(10-20)15(21)22/h4-5,9,11H,1-3,6-8,10H2,(H,21,22). The number of likely N-dealkylation sites (tertiary alicyclic amines) is 1. The maximum absolute atomic E-state index is 14.2. The molecule has 1 N–H and O–H groups in total. The van der Waals surface area contributed by atoms with E-state index in [1.165, 1.54) is 12.1 Å². The SMILES string of the molecule is O=C(O)C1CCCN(C(=O)C2(c3ccc(F)cc3F)CCC2)C1. The van der Waals surface area contributed by atoms with Gasteiger partial charge in [0.1, 0.15) is 11.6 Å². The van der Waals surface area contributed by atoms with E-state index in [-0.39, 0.29) is 18.0 Å². The molecule has 1 aliphatic heterocycles. The van der Waals surface area contributed by atoms with Crippen LogP contribution in [0.2, 0.25) is 0 Å². The van der Waals surface area contributed by atoms with Crippen LogP contribution in [0.1, 0.15) is 37.7 Å². The van der Waals surface area contributed by atoms with Crippen LogP contribution in [0.5, 0.6) is 0 Å². The number of carboxylic acids is 1. The van der Waals surface area contributed by atoms with Gasteiger partial charge in [-0.1, -0.05) is 12.5 Å². The second kappa shape index (κ2) is 5.91. The predicted octanol–water partition coefficient (Wildman–Crippen LogP) is 2.71. The number of hydrogen-bond donors (Lipinski definition) is 1. The lowest BCUT2D eigenvalue weighted by Gasteiger charge is -2.45. The van der Waals surface area contributed by atoms with Gasteiger partial charge in [-0.25, -0.2) is 8.78 Å². The number of carboxylic acid groups (broad SMARTS) is 1. The van der Waals surface area contributed by atoms with Crippen LogP contribution in [0.15, 0.2) is 18.2 Å². The molecule has 0 spiro atoms. The van der Waals surface area contributed by atoms with Crippen molar-refractivity contribution in [1.82, 2.24) is 4.90 Å². The highest BCUT2D eigenvalue weighted by Gasteiger charge is 2.49. The number of hydrogen-bond acceptors (Lipinski definition) is 2. The fraction of sp³-hybridized carbons (Fsp3) is 0.529. The first-order valence-corrected chi connectivity index (χ1v) is 7.92. The molecule has 1 aliphatic carbocycles. The minimum atomic E-state index is -0.960. The van der Waals surface area contributed by atoms with Crippen molar-refractivity contribution in [3.63, 3.8) is 0 Å². The summed E-state index contributed by atoms with van der Waals surface area (Å²) >= 11 is 0.